The molecule has 2 aromatic carbocycles. The maximum atomic E-state index is 10.7. The van der Waals surface area contributed by atoms with Crippen molar-refractivity contribution in [2.24, 2.45) is 0 Å². The van der Waals surface area contributed by atoms with Gasteiger partial charge < -0.3 is 15.4 Å². The number of rotatable bonds is 7. The molecule has 0 bridgehead atoms. The van der Waals surface area contributed by atoms with Gasteiger partial charge in [0.2, 0.25) is 5.88 Å². The minimum absolute atomic E-state index is 0.232. The third-order valence-corrected chi connectivity index (χ3v) is 6.26. The number of carbonyl (C=O) groups excluding carboxylic acids is 1. The van der Waals surface area contributed by atoms with E-state index in [0.29, 0.717) is 28.2 Å². The highest BCUT2D eigenvalue weighted by Gasteiger charge is 2.19. The van der Waals surface area contributed by atoms with Crippen molar-refractivity contribution in [3.8, 4) is 28.3 Å². The molecule has 3 aromatic rings. The summed E-state index contributed by atoms with van der Waals surface area (Å²) in [5.74, 6) is 2.49. The van der Waals surface area contributed by atoms with Crippen LogP contribution in [-0.4, -0.2) is 30.6 Å². The third-order valence-electron chi connectivity index (χ3n) is 5.52. The van der Waals surface area contributed by atoms with Crippen LogP contribution in [0.4, 0.5) is 0 Å². The molecule has 0 aliphatic carbocycles. The van der Waals surface area contributed by atoms with E-state index in [0.717, 1.165) is 47.3 Å². The molecule has 1 aliphatic rings. The maximum Gasteiger partial charge on any atom is 0.218 e. The number of halogens is 2. The Morgan fingerprint density at radius 1 is 1.09 bits per heavy atom. The molecule has 32 heavy (non-hydrogen) atoms. The number of nitrogens with one attached hydrogen (secondary N) is 2. The molecular formula is C25H23Cl2N3O2. The fraction of sp³-hybridized carbons (Fsp3) is 0.240. The van der Waals surface area contributed by atoms with Crippen molar-refractivity contribution in [2.75, 3.05) is 13.7 Å². The van der Waals surface area contributed by atoms with Gasteiger partial charge in [-0.25, -0.2) is 9.78 Å². The molecule has 0 unspecified atom stereocenters. The van der Waals surface area contributed by atoms with Crippen molar-refractivity contribution in [3.63, 3.8) is 0 Å². The Hall–Kier alpha value is -2.82. The lowest BCUT2D eigenvalue weighted by Gasteiger charge is -2.15. The van der Waals surface area contributed by atoms with E-state index < -0.39 is 0 Å². The first kappa shape index (κ1) is 22.4. The number of hydrogen-bond acceptors (Lipinski definition) is 5. The van der Waals surface area contributed by atoms with Gasteiger partial charge in [-0.15, -0.1) is 0 Å². The van der Waals surface area contributed by atoms with Crippen molar-refractivity contribution >= 4 is 29.1 Å². The van der Waals surface area contributed by atoms with Crippen LogP contribution in [0.2, 0.25) is 10.0 Å². The SMILES string of the molecule is COc1nc(-c2cccc(-c3ccccc3Cl)c2Cl)ccc1CNC[C@@H]1CCC(=C=O)N1. The molecule has 1 saturated heterocycles. The quantitative estimate of drug-likeness (QED) is 0.462. The Kier molecular flexibility index (Phi) is 7.13. The predicted octanol–water partition coefficient (Wildman–Crippen LogP) is 5.29. The lowest BCUT2D eigenvalue weighted by Crippen LogP contribution is -2.33. The molecule has 0 radical (unpaired) electrons. The monoisotopic (exact) mass is 467 g/mol. The molecule has 1 aliphatic heterocycles. The summed E-state index contributed by atoms with van der Waals surface area (Å²) < 4.78 is 5.55. The number of nitrogens with zero attached hydrogens (tertiary/aromatic N) is 1. The molecule has 7 heteroatoms. The Morgan fingerprint density at radius 3 is 2.62 bits per heavy atom. The fourth-order valence-electron chi connectivity index (χ4n) is 3.87. The summed E-state index contributed by atoms with van der Waals surface area (Å²) in [6.45, 7) is 1.34. The first-order valence-corrected chi connectivity index (χ1v) is 11.1. The number of methoxy groups -OCH3 is 1. The molecule has 0 amide bonds. The summed E-state index contributed by atoms with van der Waals surface area (Å²) in [6.07, 6.45) is 1.68. The van der Waals surface area contributed by atoms with Crippen LogP contribution in [0.3, 0.4) is 0 Å². The molecular weight excluding hydrogens is 445 g/mol. The summed E-state index contributed by atoms with van der Waals surface area (Å²) >= 11 is 13.2. The van der Waals surface area contributed by atoms with Crippen molar-refractivity contribution in [3.05, 3.63) is 75.9 Å². The number of pyridine rings is 1. The summed E-state index contributed by atoms with van der Waals surface area (Å²) in [5, 5.41) is 7.81. The third kappa shape index (κ3) is 4.82. The molecule has 2 N–H and O–H groups in total. The molecule has 1 aromatic heterocycles. The maximum absolute atomic E-state index is 10.7. The van der Waals surface area contributed by atoms with E-state index in [4.69, 9.17) is 32.9 Å². The van der Waals surface area contributed by atoms with Crippen LogP contribution in [0.5, 0.6) is 5.88 Å². The van der Waals surface area contributed by atoms with Crippen molar-refractivity contribution in [1.29, 1.82) is 0 Å². The zero-order chi connectivity index (χ0) is 22.5. The van der Waals surface area contributed by atoms with Gasteiger partial charge in [0.15, 0.2) is 0 Å². The van der Waals surface area contributed by atoms with E-state index in [9.17, 15) is 4.79 Å². The molecule has 1 fully saturated rings. The first-order chi connectivity index (χ1) is 15.6. The van der Waals surface area contributed by atoms with E-state index in [1.165, 1.54) is 0 Å². The van der Waals surface area contributed by atoms with Crippen molar-refractivity contribution < 1.29 is 9.53 Å². The molecule has 164 valence electrons. The predicted molar refractivity (Wildman–Crippen MR) is 129 cm³/mol. The molecule has 5 nitrogen and oxygen atoms in total. The van der Waals surface area contributed by atoms with Gasteiger partial charge >= 0.3 is 0 Å². The molecule has 0 saturated carbocycles. The second-order valence-corrected chi connectivity index (χ2v) is 8.39. The lowest BCUT2D eigenvalue weighted by molar-refractivity contribution is 0.390. The zero-order valence-electron chi connectivity index (χ0n) is 17.6. The minimum Gasteiger partial charge on any atom is -0.481 e. The summed E-state index contributed by atoms with van der Waals surface area (Å²) in [4.78, 5) is 15.4. The van der Waals surface area contributed by atoms with Gasteiger partial charge in [0.05, 0.1) is 23.5 Å². The van der Waals surface area contributed by atoms with Gasteiger partial charge in [0, 0.05) is 52.8 Å². The number of hydrogen-bond donors (Lipinski definition) is 2. The van der Waals surface area contributed by atoms with Gasteiger partial charge in [-0.3, -0.25) is 0 Å². The number of ether oxygens (including phenoxy) is 1. The Labute approximate surface area is 197 Å². The Morgan fingerprint density at radius 2 is 1.88 bits per heavy atom. The van der Waals surface area contributed by atoms with Gasteiger partial charge in [-0.1, -0.05) is 65.7 Å². The highest BCUT2D eigenvalue weighted by molar-refractivity contribution is 6.38. The van der Waals surface area contributed by atoms with Crippen LogP contribution >= 0.6 is 23.2 Å². The number of aromatic nitrogens is 1. The lowest BCUT2D eigenvalue weighted by atomic mass is 10.0. The van der Waals surface area contributed by atoms with E-state index in [1.54, 1.807) is 7.11 Å². The molecule has 4 rings (SSSR count). The van der Waals surface area contributed by atoms with E-state index in [1.807, 2.05) is 60.5 Å². The van der Waals surface area contributed by atoms with E-state index in [-0.39, 0.29) is 6.04 Å². The standard InChI is InChI=1S/C25H23Cl2N3O2/c1-32-25-16(13-28-14-17-10-11-18(15-31)29-17)9-12-23(30-25)21-7-4-6-20(24(21)27)19-5-2-3-8-22(19)26/h2-9,12,17,28-29H,10-11,13-14H2,1H3/t17-/m0/s1. The summed E-state index contributed by atoms with van der Waals surface area (Å²) in [5.41, 5.74) is 4.86. The first-order valence-electron chi connectivity index (χ1n) is 10.4. The van der Waals surface area contributed by atoms with Gasteiger partial charge in [0.25, 0.3) is 0 Å². The highest BCUT2D eigenvalue weighted by atomic mass is 35.5. The molecule has 0 spiro atoms. The van der Waals surface area contributed by atoms with E-state index in [2.05, 4.69) is 10.6 Å². The van der Waals surface area contributed by atoms with Crippen LogP contribution in [0.1, 0.15) is 18.4 Å². The normalized spacial score (nSPS) is 15.3. The van der Waals surface area contributed by atoms with E-state index >= 15 is 0 Å². The highest BCUT2D eigenvalue weighted by Crippen LogP contribution is 2.39. The average molecular weight is 468 g/mol. The average Bonchev–Trinajstić information content (AvgIpc) is 3.28. The van der Waals surface area contributed by atoms with Gasteiger partial charge in [-0.05, 0) is 18.6 Å². The molecule has 1 atom stereocenters. The summed E-state index contributed by atoms with van der Waals surface area (Å²) in [6, 6.07) is 17.6. The Bertz CT molecular complexity index is 1180. The minimum atomic E-state index is 0.232. The smallest absolute Gasteiger partial charge is 0.218 e. The van der Waals surface area contributed by atoms with Crippen LogP contribution in [-0.2, 0) is 11.3 Å². The summed E-state index contributed by atoms with van der Waals surface area (Å²) in [7, 11) is 1.61. The topological polar surface area (TPSA) is 63.2 Å². The zero-order valence-corrected chi connectivity index (χ0v) is 19.1. The van der Waals surface area contributed by atoms with Crippen molar-refractivity contribution in [2.45, 2.75) is 25.4 Å². The van der Waals surface area contributed by atoms with Gasteiger partial charge in [0.1, 0.15) is 5.94 Å². The van der Waals surface area contributed by atoms with Crippen LogP contribution in [0.15, 0.2) is 60.3 Å². The largest absolute Gasteiger partial charge is 0.481 e. The van der Waals surface area contributed by atoms with Crippen LogP contribution in [0, 0.1) is 0 Å². The van der Waals surface area contributed by atoms with Gasteiger partial charge in [-0.2, -0.15) is 0 Å². The number of benzene rings is 2. The van der Waals surface area contributed by atoms with Crippen LogP contribution in [0.25, 0.3) is 22.4 Å². The molecule has 2 heterocycles. The van der Waals surface area contributed by atoms with Crippen LogP contribution < -0.4 is 15.4 Å². The van der Waals surface area contributed by atoms with Crippen molar-refractivity contribution in [1.82, 2.24) is 15.6 Å². The second kappa shape index (κ2) is 10.2. The second-order valence-electron chi connectivity index (χ2n) is 7.60. The number of allylic oxidation sites excluding steroid dienone is 1. The fourth-order valence-corrected chi connectivity index (χ4v) is 4.43. The Balaban J connectivity index is 1.53.